The Morgan fingerprint density at radius 3 is 2.32 bits per heavy atom. The normalized spacial score (nSPS) is 13.8. The Labute approximate surface area is 116 Å². The average molecular weight is 266 g/mol. The zero-order chi connectivity index (χ0) is 14.5. The fourth-order valence-electron chi connectivity index (χ4n) is 2.26. The van der Waals surface area contributed by atoms with Gasteiger partial charge in [0.15, 0.2) is 0 Å². The van der Waals surface area contributed by atoms with Crippen molar-refractivity contribution in [3.05, 3.63) is 35.6 Å². The summed E-state index contributed by atoms with van der Waals surface area (Å²) < 4.78 is 12.8. The van der Waals surface area contributed by atoms with Gasteiger partial charge in [-0.05, 0) is 49.5 Å². The summed E-state index contributed by atoms with van der Waals surface area (Å²) in [5.74, 6) is -0.182. The molecule has 108 valence electrons. The summed E-state index contributed by atoms with van der Waals surface area (Å²) in [6.07, 6.45) is 2.03. The third kappa shape index (κ3) is 7.28. The lowest BCUT2D eigenvalue weighted by molar-refractivity contribution is 0.278. The quantitative estimate of drug-likeness (QED) is 0.855. The van der Waals surface area contributed by atoms with Crippen molar-refractivity contribution in [2.45, 2.75) is 46.2 Å². The van der Waals surface area contributed by atoms with E-state index in [9.17, 15) is 4.39 Å². The van der Waals surface area contributed by atoms with Gasteiger partial charge in [-0.2, -0.15) is 0 Å². The lowest BCUT2D eigenvalue weighted by Gasteiger charge is -2.25. The highest BCUT2D eigenvalue weighted by Crippen LogP contribution is 2.21. The van der Waals surface area contributed by atoms with Crippen LogP contribution >= 0.6 is 0 Å². The molecule has 0 heterocycles. The van der Waals surface area contributed by atoms with Gasteiger partial charge < -0.3 is 10.6 Å². The molecule has 1 unspecified atom stereocenters. The molecule has 0 aliphatic carbocycles. The van der Waals surface area contributed by atoms with E-state index < -0.39 is 0 Å². The highest BCUT2D eigenvalue weighted by molar-refractivity contribution is 5.15. The minimum Gasteiger partial charge on any atom is -0.328 e. The number of hydrogen-bond donors (Lipinski definition) is 1. The van der Waals surface area contributed by atoms with E-state index in [-0.39, 0.29) is 17.3 Å². The van der Waals surface area contributed by atoms with Crippen LogP contribution in [-0.2, 0) is 6.54 Å². The van der Waals surface area contributed by atoms with Gasteiger partial charge >= 0.3 is 0 Å². The molecule has 0 amide bonds. The smallest absolute Gasteiger partial charge is 0.123 e. The van der Waals surface area contributed by atoms with Crippen molar-refractivity contribution >= 4 is 0 Å². The predicted molar refractivity (Wildman–Crippen MR) is 79.4 cm³/mol. The molecule has 2 nitrogen and oxygen atoms in total. The van der Waals surface area contributed by atoms with Crippen molar-refractivity contribution in [3.8, 4) is 0 Å². The Morgan fingerprint density at radius 1 is 1.21 bits per heavy atom. The van der Waals surface area contributed by atoms with Gasteiger partial charge in [-0.3, -0.25) is 0 Å². The van der Waals surface area contributed by atoms with Gasteiger partial charge in [0.1, 0.15) is 5.82 Å². The molecule has 0 saturated heterocycles. The molecule has 0 saturated carbocycles. The van der Waals surface area contributed by atoms with Crippen LogP contribution in [0.1, 0.15) is 39.2 Å². The summed E-state index contributed by atoms with van der Waals surface area (Å²) in [5, 5.41) is 0. The van der Waals surface area contributed by atoms with E-state index in [0.29, 0.717) is 0 Å². The Kier molecular flexibility index (Phi) is 5.95. The summed E-state index contributed by atoms with van der Waals surface area (Å²) in [5.41, 5.74) is 7.56. The molecule has 0 aliphatic heterocycles. The van der Waals surface area contributed by atoms with Crippen molar-refractivity contribution in [2.75, 3.05) is 13.6 Å². The number of nitrogens with two attached hydrogens (primary N) is 1. The number of rotatable bonds is 6. The SMILES string of the molecule is CN(CCC(N)CC(C)(C)C)Cc1ccc(F)cc1. The highest BCUT2D eigenvalue weighted by Gasteiger charge is 2.15. The molecule has 1 aromatic rings. The summed E-state index contributed by atoms with van der Waals surface area (Å²) in [6.45, 7) is 8.45. The van der Waals surface area contributed by atoms with Crippen LogP contribution in [0, 0.1) is 11.2 Å². The Hall–Kier alpha value is -0.930. The van der Waals surface area contributed by atoms with Crippen molar-refractivity contribution in [2.24, 2.45) is 11.1 Å². The van der Waals surface area contributed by atoms with E-state index in [1.807, 2.05) is 12.1 Å². The Balaban J connectivity index is 2.31. The maximum Gasteiger partial charge on any atom is 0.123 e. The van der Waals surface area contributed by atoms with Crippen LogP contribution in [0.3, 0.4) is 0 Å². The summed E-state index contributed by atoms with van der Waals surface area (Å²) >= 11 is 0. The van der Waals surface area contributed by atoms with E-state index in [1.54, 1.807) is 0 Å². The predicted octanol–water partition coefficient (Wildman–Crippen LogP) is 3.41. The number of hydrogen-bond acceptors (Lipinski definition) is 2. The second kappa shape index (κ2) is 7.01. The Bertz CT molecular complexity index is 367. The first kappa shape index (κ1) is 16.1. The van der Waals surface area contributed by atoms with Crippen LogP contribution in [0.25, 0.3) is 0 Å². The van der Waals surface area contributed by atoms with E-state index in [0.717, 1.165) is 31.5 Å². The molecule has 1 atom stereocenters. The molecular formula is C16H27FN2. The van der Waals surface area contributed by atoms with Gasteiger partial charge in [-0.25, -0.2) is 4.39 Å². The minimum atomic E-state index is -0.182. The first-order valence-electron chi connectivity index (χ1n) is 6.95. The highest BCUT2D eigenvalue weighted by atomic mass is 19.1. The van der Waals surface area contributed by atoms with E-state index >= 15 is 0 Å². The van der Waals surface area contributed by atoms with E-state index in [1.165, 1.54) is 12.1 Å². The number of benzene rings is 1. The van der Waals surface area contributed by atoms with Crippen molar-refractivity contribution < 1.29 is 4.39 Å². The van der Waals surface area contributed by atoms with Crippen molar-refractivity contribution in [1.29, 1.82) is 0 Å². The standard InChI is InChI=1S/C16H27FN2/c1-16(2,3)11-15(18)9-10-19(4)12-13-5-7-14(17)8-6-13/h5-8,15H,9-12,18H2,1-4H3. The largest absolute Gasteiger partial charge is 0.328 e. The first-order chi connectivity index (χ1) is 8.76. The van der Waals surface area contributed by atoms with Crippen LogP contribution in [0.2, 0.25) is 0 Å². The molecule has 3 heteroatoms. The van der Waals surface area contributed by atoms with Gasteiger partial charge in [0.05, 0.1) is 0 Å². The molecule has 0 radical (unpaired) electrons. The zero-order valence-corrected chi connectivity index (χ0v) is 12.6. The van der Waals surface area contributed by atoms with Crippen LogP contribution in [0.4, 0.5) is 4.39 Å². The number of nitrogens with zero attached hydrogens (tertiary/aromatic N) is 1. The molecule has 0 aliphatic rings. The average Bonchev–Trinajstić information content (AvgIpc) is 2.27. The molecule has 0 aromatic heterocycles. The van der Waals surface area contributed by atoms with Crippen LogP contribution in [0.15, 0.2) is 24.3 Å². The van der Waals surface area contributed by atoms with Gasteiger partial charge in [-0.15, -0.1) is 0 Å². The van der Waals surface area contributed by atoms with Crippen molar-refractivity contribution in [3.63, 3.8) is 0 Å². The van der Waals surface area contributed by atoms with E-state index in [4.69, 9.17) is 5.73 Å². The molecule has 1 rings (SSSR count). The zero-order valence-electron chi connectivity index (χ0n) is 12.6. The number of halogens is 1. The Morgan fingerprint density at radius 2 is 1.79 bits per heavy atom. The fourth-order valence-corrected chi connectivity index (χ4v) is 2.26. The van der Waals surface area contributed by atoms with Crippen molar-refractivity contribution in [1.82, 2.24) is 4.90 Å². The second-order valence-corrected chi connectivity index (χ2v) is 6.68. The third-order valence-corrected chi connectivity index (χ3v) is 3.12. The van der Waals surface area contributed by atoms with Gasteiger partial charge in [0.25, 0.3) is 0 Å². The molecule has 0 fully saturated rings. The minimum absolute atomic E-state index is 0.182. The molecule has 19 heavy (non-hydrogen) atoms. The molecular weight excluding hydrogens is 239 g/mol. The maximum absolute atomic E-state index is 12.8. The monoisotopic (exact) mass is 266 g/mol. The summed E-state index contributed by atoms with van der Waals surface area (Å²) in [7, 11) is 2.08. The lowest BCUT2D eigenvalue weighted by Crippen LogP contribution is -2.31. The first-order valence-corrected chi connectivity index (χ1v) is 6.95. The second-order valence-electron chi connectivity index (χ2n) is 6.68. The van der Waals surface area contributed by atoms with Gasteiger partial charge in [0.2, 0.25) is 0 Å². The van der Waals surface area contributed by atoms with Crippen LogP contribution < -0.4 is 5.73 Å². The molecule has 0 spiro atoms. The fraction of sp³-hybridized carbons (Fsp3) is 0.625. The molecule has 2 N–H and O–H groups in total. The molecule has 1 aromatic carbocycles. The van der Waals surface area contributed by atoms with Crippen LogP contribution in [0.5, 0.6) is 0 Å². The van der Waals surface area contributed by atoms with Gasteiger partial charge in [0, 0.05) is 12.6 Å². The lowest BCUT2D eigenvalue weighted by atomic mass is 9.87. The van der Waals surface area contributed by atoms with Crippen LogP contribution in [-0.4, -0.2) is 24.5 Å². The summed E-state index contributed by atoms with van der Waals surface area (Å²) in [6, 6.07) is 6.93. The summed E-state index contributed by atoms with van der Waals surface area (Å²) in [4.78, 5) is 2.23. The topological polar surface area (TPSA) is 29.3 Å². The van der Waals surface area contributed by atoms with Gasteiger partial charge in [-0.1, -0.05) is 32.9 Å². The van der Waals surface area contributed by atoms with E-state index in [2.05, 4.69) is 32.7 Å². The molecule has 0 bridgehead atoms. The maximum atomic E-state index is 12.8. The third-order valence-electron chi connectivity index (χ3n) is 3.12.